The fraction of sp³-hybridized carbons (Fsp3) is 0.611. The average Bonchev–Trinajstić information content (AvgIpc) is 2.97. The second-order valence-electron chi connectivity index (χ2n) is 6.69. The van der Waals surface area contributed by atoms with E-state index in [2.05, 4.69) is 42.6 Å². The van der Waals surface area contributed by atoms with Crippen LogP contribution in [0.1, 0.15) is 44.6 Å². The highest BCUT2D eigenvalue weighted by atomic mass is 32.2. The molecule has 0 bridgehead atoms. The van der Waals surface area contributed by atoms with Gasteiger partial charge in [-0.15, -0.1) is 0 Å². The normalized spacial score (nSPS) is 22.0. The number of aryl methyl sites for hydroxylation is 1. The molecule has 1 aromatic rings. The zero-order valence-electron chi connectivity index (χ0n) is 13.0. The Labute approximate surface area is 132 Å². The second kappa shape index (κ2) is 6.87. The lowest BCUT2D eigenvalue weighted by Gasteiger charge is -2.32. The fourth-order valence-corrected chi connectivity index (χ4v) is 4.64. The highest BCUT2D eigenvalue weighted by Gasteiger charge is 2.36. The van der Waals surface area contributed by atoms with Crippen molar-refractivity contribution in [2.75, 3.05) is 12.3 Å². The summed E-state index contributed by atoms with van der Waals surface area (Å²) in [6.07, 6.45) is 7.89. The summed E-state index contributed by atoms with van der Waals surface area (Å²) in [4.78, 5) is 4.83. The summed E-state index contributed by atoms with van der Waals surface area (Å²) < 4.78 is 0. The molecule has 1 heterocycles. The largest absolute Gasteiger partial charge is 0.362 e. The molecule has 3 rings (SSSR count). The van der Waals surface area contributed by atoms with Gasteiger partial charge in [-0.3, -0.25) is 4.99 Å². The molecule has 1 aliphatic carbocycles. The predicted molar refractivity (Wildman–Crippen MR) is 93.0 cm³/mol. The van der Waals surface area contributed by atoms with Gasteiger partial charge in [-0.1, -0.05) is 54.9 Å². The highest BCUT2D eigenvalue weighted by Crippen LogP contribution is 2.43. The van der Waals surface area contributed by atoms with Crippen molar-refractivity contribution in [2.24, 2.45) is 10.4 Å². The van der Waals surface area contributed by atoms with Crippen LogP contribution < -0.4 is 5.32 Å². The zero-order chi connectivity index (χ0) is 14.5. The van der Waals surface area contributed by atoms with E-state index in [-0.39, 0.29) is 0 Å². The third-order valence-electron chi connectivity index (χ3n) is 4.82. The Hall–Kier alpha value is -0.960. The van der Waals surface area contributed by atoms with Crippen molar-refractivity contribution in [3.8, 4) is 0 Å². The first-order valence-electron chi connectivity index (χ1n) is 8.24. The van der Waals surface area contributed by atoms with Gasteiger partial charge in [-0.25, -0.2) is 0 Å². The second-order valence-corrected chi connectivity index (χ2v) is 7.65. The van der Waals surface area contributed by atoms with Crippen molar-refractivity contribution in [1.82, 2.24) is 5.32 Å². The Morgan fingerprint density at radius 1 is 1.24 bits per heavy atom. The van der Waals surface area contributed by atoms with Gasteiger partial charge < -0.3 is 5.32 Å². The molecule has 114 valence electrons. The van der Waals surface area contributed by atoms with E-state index < -0.39 is 0 Å². The number of nitrogens with one attached hydrogen (secondary N) is 1. The van der Waals surface area contributed by atoms with E-state index in [1.165, 1.54) is 42.2 Å². The smallest absolute Gasteiger partial charge is 0.156 e. The number of amidine groups is 1. The Kier molecular flexibility index (Phi) is 4.89. The van der Waals surface area contributed by atoms with E-state index in [9.17, 15) is 0 Å². The van der Waals surface area contributed by atoms with Crippen LogP contribution in [0.3, 0.4) is 0 Å². The molecule has 2 aliphatic rings. The van der Waals surface area contributed by atoms with Gasteiger partial charge in [0.1, 0.15) is 0 Å². The maximum Gasteiger partial charge on any atom is 0.156 e. The molecule has 3 heteroatoms. The van der Waals surface area contributed by atoms with Crippen molar-refractivity contribution in [1.29, 1.82) is 0 Å². The maximum atomic E-state index is 4.83. The summed E-state index contributed by atoms with van der Waals surface area (Å²) in [7, 11) is 0. The van der Waals surface area contributed by atoms with Gasteiger partial charge in [0.2, 0.25) is 0 Å². The van der Waals surface area contributed by atoms with Crippen LogP contribution >= 0.6 is 11.8 Å². The van der Waals surface area contributed by atoms with Crippen LogP contribution in [-0.4, -0.2) is 23.5 Å². The topological polar surface area (TPSA) is 24.4 Å². The minimum absolute atomic E-state index is 0.495. The Balaban J connectivity index is 1.45. The van der Waals surface area contributed by atoms with Crippen molar-refractivity contribution < 1.29 is 0 Å². The van der Waals surface area contributed by atoms with Gasteiger partial charge in [-0.05, 0) is 43.6 Å². The molecule has 1 atom stereocenters. The molecule has 0 amide bonds. The van der Waals surface area contributed by atoms with E-state index >= 15 is 0 Å². The summed E-state index contributed by atoms with van der Waals surface area (Å²) in [6, 6.07) is 11.2. The number of hydrogen-bond acceptors (Lipinski definition) is 3. The fourth-order valence-electron chi connectivity index (χ4n) is 3.38. The Morgan fingerprint density at radius 3 is 2.67 bits per heavy atom. The molecule has 1 N–H and O–H groups in total. The minimum Gasteiger partial charge on any atom is -0.362 e. The number of aliphatic imine (C=N–C) groups is 1. The first-order valence-corrected chi connectivity index (χ1v) is 9.22. The number of benzene rings is 1. The lowest BCUT2D eigenvalue weighted by Crippen LogP contribution is -2.37. The monoisotopic (exact) mass is 302 g/mol. The van der Waals surface area contributed by atoms with Crippen molar-refractivity contribution in [3.63, 3.8) is 0 Å². The molecule has 1 fully saturated rings. The van der Waals surface area contributed by atoms with E-state index in [0.29, 0.717) is 11.5 Å². The van der Waals surface area contributed by atoms with Crippen LogP contribution in [0.25, 0.3) is 0 Å². The van der Waals surface area contributed by atoms with Gasteiger partial charge >= 0.3 is 0 Å². The molecule has 1 unspecified atom stereocenters. The van der Waals surface area contributed by atoms with Gasteiger partial charge in [0.05, 0.1) is 0 Å². The summed E-state index contributed by atoms with van der Waals surface area (Å²) in [5.41, 5.74) is 1.97. The molecule has 1 aliphatic heterocycles. The summed E-state index contributed by atoms with van der Waals surface area (Å²) in [5, 5.41) is 4.78. The number of nitrogens with zero attached hydrogens (tertiary/aromatic N) is 1. The average molecular weight is 302 g/mol. The SMILES string of the molecule is CC(CCc1ccccc1)NC1=NCC2(CCCC2)CS1. The quantitative estimate of drug-likeness (QED) is 0.898. The lowest BCUT2D eigenvalue weighted by atomic mass is 9.89. The van der Waals surface area contributed by atoms with Crippen LogP contribution in [0.15, 0.2) is 35.3 Å². The summed E-state index contributed by atoms with van der Waals surface area (Å²) in [5.74, 6) is 1.27. The van der Waals surface area contributed by atoms with Crippen LogP contribution in [-0.2, 0) is 6.42 Å². The van der Waals surface area contributed by atoms with Crippen molar-refractivity contribution >= 4 is 16.9 Å². The van der Waals surface area contributed by atoms with E-state index in [0.717, 1.165) is 19.4 Å². The first kappa shape index (κ1) is 15.0. The lowest BCUT2D eigenvalue weighted by molar-refractivity contribution is 0.358. The summed E-state index contributed by atoms with van der Waals surface area (Å²) in [6.45, 7) is 3.32. The third kappa shape index (κ3) is 4.03. The Morgan fingerprint density at radius 2 is 2.00 bits per heavy atom. The molecule has 21 heavy (non-hydrogen) atoms. The van der Waals surface area contributed by atoms with Crippen LogP contribution in [0.2, 0.25) is 0 Å². The van der Waals surface area contributed by atoms with E-state index in [1.54, 1.807) is 0 Å². The molecule has 0 radical (unpaired) electrons. The number of thioether (sulfide) groups is 1. The van der Waals surface area contributed by atoms with Crippen LogP contribution in [0.5, 0.6) is 0 Å². The first-order chi connectivity index (χ1) is 10.3. The molecular weight excluding hydrogens is 276 g/mol. The maximum absolute atomic E-state index is 4.83. The van der Waals surface area contributed by atoms with Gasteiger partial charge in [0.15, 0.2) is 5.17 Å². The molecule has 1 saturated carbocycles. The van der Waals surface area contributed by atoms with Crippen LogP contribution in [0.4, 0.5) is 0 Å². The standard InChI is InChI=1S/C18H26N2S/c1-15(9-10-16-7-3-2-4-8-16)20-17-19-13-18(14-21-17)11-5-6-12-18/h2-4,7-8,15H,5-6,9-14H2,1H3,(H,19,20). The Bertz CT molecular complexity index is 477. The molecular formula is C18H26N2S. The molecule has 0 aromatic heterocycles. The summed E-state index contributed by atoms with van der Waals surface area (Å²) >= 11 is 1.95. The van der Waals surface area contributed by atoms with E-state index in [4.69, 9.17) is 4.99 Å². The number of hydrogen-bond donors (Lipinski definition) is 1. The third-order valence-corrected chi connectivity index (χ3v) is 6.09. The molecule has 1 spiro atoms. The zero-order valence-corrected chi connectivity index (χ0v) is 13.8. The molecule has 2 nitrogen and oxygen atoms in total. The van der Waals surface area contributed by atoms with Crippen LogP contribution in [0, 0.1) is 5.41 Å². The highest BCUT2D eigenvalue weighted by molar-refractivity contribution is 8.13. The predicted octanol–water partition coefficient (Wildman–Crippen LogP) is 4.26. The molecule has 0 saturated heterocycles. The van der Waals surface area contributed by atoms with Gasteiger partial charge in [0, 0.05) is 18.3 Å². The van der Waals surface area contributed by atoms with Crippen molar-refractivity contribution in [3.05, 3.63) is 35.9 Å². The molecule has 1 aromatic carbocycles. The van der Waals surface area contributed by atoms with Gasteiger partial charge in [0.25, 0.3) is 0 Å². The minimum atomic E-state index is 0.495. The number of rotatable bonds is 4. The van der Waals surface area contributed by atoms with Gasteiger partial charge in [-0.2, -0.15) is 0 Å². The van der Waals surface area contributed by atoms with E-state index in [1.807, 2.05) is 11.8 Å². The van der Waals surface area contributed by atoms with Crippen molar-refractivity contribution in [2.45, 2.75) is 51.5 Å².